The van der Waals surface area contributed by atoms with Crippen LogP contribution in [0, 0.1) is 0 Å². The average Bonchev–Trinajstić information content (AvgIpc) is 2.72. The summed E-state index contributed by atoms with van der Waals surface area (Å²) < 4.78 is 1.57. The van der Waals surface area contributed by atoms with Gasteiger partial charge in [0.2, 0.25) is 0 Å². The Balaban J connectivity index is 2.26. The van der Waals surface area contributed by atoms with E-state index in [0.717, 1.165) is 21.6 Å². The fraction of sp³-hybridized carbons (Fsp3) is 0.286. The Labute approximate surface area is 111 Å². The number of ketones is 1. The van der Waals surface area contributed by atoms with E-state index in [1.165, 1.54) is 0 Å². The van der Waals surface area contributed by atoms with Crippen LogP contribution in [0.1, 0.15) is 34.6 Å². The number of benzene rings is 1. The third-order valence-corrected chi connectivity index (χ3v) is 5.04. The molecule has 1 N–H and O–H groups in total. The summed E-state index contributed by atoms with van der Waals surface area (Å²) >= 11 is -0.104. The predicted molar refractivity (Wildman–Crippen MR) is 71.5 cm³/mol. The Morgan fingerprint density at radius 2 is 2.06 bits per heavy atom. The molecular weight excluding hydrogens is 295 g/mol. The van der Waals surface area contributed by atoms with E-state index in [1.54, 1.807) is 6.07 Å². The zero-order valence-corrected chi connectivity index (χ0v) is 11.8. The molecule has 0 radical (unpaired) electrons. The molecule has 0 fully saturated rings. The Morgan fingerprint density at radius 1 is 1.28 bits per heavy atom. The average molecular weight is 309 g/mol. The van der Waals surface area contributed by atoms with E-state index in [9.17, 15) is 9.59 Å². The quantitative estimate of drug-likeness (QED) is 0.864. The number of hydrogen-bond donors (Lipinski definition) is 1. The van der Waals surface area contributed by atoms with Crippen molar-refractivity contribution in [1.29, 1.82) is 0 Å². The van der Waals surface area contributed by atoms with Gasteiger partial charge in [0, 0.05) is 0 Å². The summed E-state index contributed by atoms with van der Waals surface area (Å²) in [5.41, 5.74) is 0.978. The Hall–Kier alpha value is -1.38. The number of aromatic carboxylic acids is 1. The van der Waals surface area contributed by atoms with Gasteiger partial charge in [0.1, 0.15) is 0 Å². The summed E-state index contributed by atoms with van der Waals surface area (Å²) in [5, 5.41) is 9.93. The number of hydrogen-bond acceptors (Lipinski definition) is 2. The van der Waals surface area contributed by atoms with Crippen LogP contribution in [-0.2, 0) is 11.2 Å². The minimum atomic E-state index is -0.838. The van der Waals surface area contributed by atoms with Crippen molar-refractivity contribution < 1.29 is 14.7 Å². The van der Waals surface area contributed by atoms with E-state index in [0.29, 0.717) is 17.3 Å². The van der Waals surface area contributed by atoms with Crippen molar-refractivity contribution in [3.8, 4) is 0 Å². The molecule has 0 aliphatic carbocycles. The molecule has 0 bridgehead atoms. The van der Waals surface area contributed by atoms with Gasteiger partial charge in [-0.15, -0.1) is 0 Å². The number of carboxylic acids is 1. The maximum absolute atomic E-state index is 11.6. The monoisotopic (exact) mass is 310 g/mol. The van der Waals surface area contributed by atoms with Crippen LogP contribution in [0.4, 0.5) is 0 Å². The van der Waals surface area contributed by atoms with Crippen LogP contribution >= 0.6 is 0 Å². The molecule has 0 saturated heterocycles. The van der Waals surface area contributed by atoms with E-state index in [2.05, 4.69) is 0 Å². The third kappa shape index (κ3) is 2.89. The second-order valence-corrected chi connectivity index (χ2v) is 6.53. The number of carbonyl (C=O) groups is 2. The number of carboxylic acid groups (broad SMARTS) is 1. The topological polar surface area (TPSA) is 54.4 Å². The van der Waals surface area contributed by atoms with Crippen LogP contribution in [0.2, 0.25) is 0 Å². The minimum absolute atomic E-state index is 0.104. The Kier molecular flexibility index (Phi) is 4.00. The van der Waals surface area contributed by atoms with Gasteiger partial charge in [0.15, 0.2) is 0 Å². The molecule has 0 amide bonds. The van der Waals surface area contributed by atoms with E-state index in [-0.39, 0.29) is 20.3 Å². The van der Waals surface area contributed by atoms with Gasteiger partial charge >= 0.3 is 111 Å². The second kappa shape index (κ2) is 5.51. The van der Waals surface area contributed by atoms with Crippen molar-refractivity contribution in [2.75, 3.05) is 0 Å². The van der Waals surface area contributed by atoms with E-state index in [4.69, 9.17) is 5.11 Å². The summed E-state index contributed by atoms with van der Waals surface area (Å²) in [6.07, 6.45) is 1.93. The second-order valence-electron chi connectivity index (χ2n) is 4.25. The normalized spacial score (nSPS) is 10.7. The number of fused-ring (bicyclic) bond motifs is 1. The van der Waals surface area contributed by atoms with Crippen molar-refractivity contribution in [3.05, 3.63) is 34.3 Å². The third-order valence-electron chi connectivity index (χ3n) is 2.72. The predicted octanol–water partition coefficient (Wildman–Crippen LogP) is 2.51. The SMILES string of the molecule is CCCC(=O)Cc1ccc2[se]c(C(=O)O)cc2c1. The van der Waals surface area contributed by atoms with E-state index in [1.807, 2.05) is 25.1 Å². The fourth-order valence-electron chi connectivity index (χ4n) is 1.90. The van der Waals surface area contributed by atoms with Crippen molar-refractivity contribution >= 4 is 35.9 Å². The first kappa shape index (κ1) is 13.1. The summed E-state index contributed by atoms with van der Waals surface area (Å²) in [6, 6.07) is 7.56. The molecule has 3 nitrogen and oxygen atoms in total. The standard InChI is InChI=1S/C14H14O3Se/c1-2-3-11(15)7-9-4-5-12-10(6-9)8-13(18-12)14(16)17/h4-6,8H,2-3,7H2,1H3,(H,16,17). The van der Waals surface area contributed by atoms with Crippen LogP contribution < -0.4 is 0 Å². The van der Waals surface area contributed by atoms with E-state index >= 15 is 0 Å². The Morgan fingerprint density at radius 3 is 2.72 bits per heavy atom. The molecule has 0 saturated carbocycles. The molecule has 1 heterocycles. The number of rotatable bonds is 5. The number of carbonyl (C=O) groups excluding carboxylic acids is 1. The summed E-state index contributed by atoms with van der Waals surface area (Å²) in [7, 11) is 0. The van der Waals surface area contributed by atoms with Crippen LogP contribution in [0.5, 0.6) is 0 Å². The summed E-state index contributed by atoms with van der Waals surface area (Å²) in [4.78, 5) is 22.5. The van der Waals surface area contributed by atoms with Crippen LogP contribution in [0.15, 0.2) is 24.3 Å². The maximum atomic E-state index is 11.6. The van der Waals surface area contributed by atoms with E-state index < -0.39 is 5.97 Å². The van der Waals surface area contributed by atoms with Gasteiger partial charge in [-0.3, -0.25) is 0 Å². The van der Waals surface area contributed by atoms with Gasteiger partial charge in [-0.1, -0.05) is 0 Å². The number of Topliss-reactive ketones (excluding diaryl/α,β-unsaturated/α-hetero) is 1. The fourth-order valence-corrected chi connectivity index (χ4v) is 3.75. The van der Waals surface area contributed by atoms with Crippen molar-refractivity contribution in [2.24, 2.45) is 0 Å². The first-order valence-electron chi connectivity index (χ1n) is 5.87. The molecule has 0 aliphatic rings. The van der Waals surface area contributed by atoms with Gasteiger partial charge < -0.3 is 0 Å². The molecular formula is C14H14O3Se. The molecule has 94 valence electrons. The zero-order chi connectivity index (χ0) is 13.1. The van der Waals surface area contributed by atoms with Crippen LogP contribution in [0.3, 0.4) is 0 Å². The molecule has 0 aliphatic heterocycles. The van der Waals surface area contributed by atoms with Gasteiger partial charge in [0.05, 0.1) is 0 Å². The first-order chi connectivity index (χ1) is 8.60. The molecule has 2 rings (SSSR count). The van der Waals surface area contributed by atoms with Crippen LogP contribution in [-0.4, -0.2) is 31.4 Å². The first-order valence-corrected chi connectivity index (χ1v) is 7.59. The van der Waals surface area contributed by atoms with Crippen molar-refractivity contribution in [2.45, 2.75) is 26.2 Å². The molecule has 2 aromatic rings. The molecule has 1 aromatic heterocycles. The molecule has 1 aromatic carbocycles. The molecule has 0 atom stereocenters. The van der Waals surface area contributed by atoms with Crippen molar-refractivity contribution in [3.63, 3.8) is 0 Å². The van der Waals surface area contributed by atoms with Crippen LogP contribution in [0.25, 0.3) is 9.65 Å². The van der Waals surface area contributed by atoms with Gasteiger partial charge in [-0.2, -0.15) is 0 Å². The molecule has 0 unspecified atom stereocenters. The Bertz CT molecular complexity index is 598. The van der Waals surface area contributed by atoms with Gasteiger partial charge in [0.25, 0.3) is 0 Å². The zero-order valence-electron chi connectivity index (χ0n) is 10.1. The van der Waals surface area contributed by atoms with Gasteiger partial charge in [-0.05, 0) is 0 Å². The molecule has 18 heavy (non-hydrogen) atoms. The summed E-state index contributed by atoms with van der Waals surface area (Å²) in [5.74, 6) is -0.599. The molecule has 0 spiro atoms. The van der Waals surface area contributed by atoms with Crippen molar-refractivity contribution in [1.82, 2.24) is 0 Å². The molecule has 4 heteroatoms. The van der Waals surface area contributed by atoms with Gasteiger partial charge in [-0.25, -0.2) is 0 Å². The summed E-state index contributed by atoms with van der Waals surface area (Å²) in [6.45, 7) is 1.99.